The topological polar surface area (TPSA) is 82.1 Å². The summed E-state index contributed by atoms with van der Waals surface area (Å²) in [6.45, 7) is 4.12. The Morgan fingerprint density at radius 1 is 1.06 bits per heavy atom. The van der Waals surface area contributed by atoms with Gasteiger partial charge in [-0.1, -0.05) is 22.0 Å². The Hall–Kier alpha value is -3.13. The molecule has 0 bridgehead atoms. The summed E-state index contributed by atoms with van der Waals surface area (Å²) in [6.07, 6.45) is 3.30. The van der Waals surface area contributed by atoms with Crippen LogP contribution in [0, 0.1) is 0 Å². The minimum absolute atomic E-state index is 0.0162. The summed E-state index contributed by atoms with van der Waals surface area (Å²) in [5, 5.41) is 0. The number of hydrogen-bond acceptors (Lipinski definition) is 6. The SMILES string of the molecule is COc1cc(/C=C/C(=O)OCCCN2C(=O)c3ccc(Br)cc3C2=O)ccc1OC(C)C. The van der Waals surface area contributed by atoms with Crippen LogP contribution < -0.4 is 9.47 Å². The number of nitrogens with zero attached hydrogens (tertiary/aromatic N) is 1. The van der Waals surface area contributed by atoms with Crippen molar-refractivity contribution in [3.63, 3.8) is 0 Å². The first-order valence-electron chi connectivity index (χ1n) is 10.2. The molecule has 0 fully saturated rings. The Balaban J connectivity index is 1.48. The van der Waals surface area contributed by atoms with E-state index in [-0.39, 0.29) is 31.1 Å². The average molecular weight is 502 g/mol. The molecule has 0 spiro atoms. The summed E-state index contributed by atoms with van der Waals surface area (Å²) in [7, 11) is 1.55. The van der Waals surface area contributed by atoms with E-state index in [0.29, 0.717) is 29.0 Å². The molecule has 2 aromatic carbocycles. The largest absolute Gasteiger partial charge is 0.493 e. The van der Waals surface area contributed by atoms with Gasteiger partial charge in [0.25, 0.3) is 11.8 Å². The van der Waals surface area contributed by atoms with Crippen LogP contribution in [0.25, 0.3) is 6.08 Å². The van der Waals surface area contributed by atoms with Gasteiger partial charge in [0, 0.05) is 17.1 Å². The first-order valence-corrected chi connectivity index (χ1v) is 10.9. The van der Waals surface area contributed by atoms with Crippen molar-refractivity contribution in [2.24, 2.45) is 0 Å². The fourth-order valence-electron chi connectivity index (χ4n) is 3.21. The summed E-state index contributed by atoms with van der Waals surface area (Å²) >= 11 is 3.31. The quantitative estimate of drug-likeness (QED) is 0.218. The molecule has 0 saturated heterocycles. The highest BCUT2D eigenvalue weighted by Gasteiger charge is 2.35. The van der Waals surface area contributed by atoms with E-state index in [2.05, 4.69) is 15.9 Å². The molecule has 0 unspecified atom stereocenters. The summed E-state index contributed by atoms with van der Waals surface area (Å²) in [4.78, 5) is 38.0. The van der Waals surface area contributed by atoms with E-state index in [1.54, 1.807) is 43.5 Å². The first-order chi connectivity index (χ1) is 15.3. The number of hydrogen-bond donors (Lipinski definition) is 0. The molecule has 0 N–H and O–H groups in total. The predicted octanol–water partition coefficient (Wildman–Crippen LogP) is 4.49. The number of imide groups is 1. The Bertz CT molecular complexity index is 1060. The Morgan fingerprint density at radius 3 is 2.53 bits per heavy atom. The lowest BCUT2D eigenvalue weighted by atomic mass is 10.1. The highest BCUT2D eigenvalue weighted by Crippen LogP contribution is 2.29. The summed E-state index contributed by atoms with van der Waals surface area (Å²) in [6, 6.07) is 10.3. The molecule has 0 atom stereocenters. The predicted molar refractivity (Wildman–Crippen MR) is 123 cm³/mol. The summed E-state index contributed by atoms with van der Waals surface area (Å²) in [5.74, 6) is 0.0154. The van der Waals surface area contributed by atoms with Crippen molar-refractivity contribution in [2.75, 3.05) is 20.3 Å². The zero-order valence-electron chi connectivity index (χ0n) is 18.1. The van der Waals surface area contributed by atoms with E-state index in [4.69, 9.17) is 14.2 Å². The van der Waals surface area contributed by atoms with E-state index in [0.717, 1.165) is 10.0 Å². The molecular formula is C24H24BrNO6. The summed E-state index contributed by atoms with van der Waals surface area (Å²) in [5.41, 5.74) is 1.52. The maximum absolute atomic E-state index is 12.4. The zero-order valence-corrected chi connectivity index (χ0v) is 19.7. The Morgan fingerprint density at radius 2 is 1.81 bits per heavy atom. The normalized spacial score (nSPS) is 13.1. The highest BCUT2D eigenvalue weighted by atomic mass is 79.9. The smallest absolute Gasteiger partial charge is 0.330 e. The van der Waals surface area contributed by atoms with Crippen molar-refractivity contribution in [3.8, 4) is 11.5 Å². The zero-order chi connectivity index (χ0) is 23.3. The van der Waals surface area contributed by atoms with Gasteiger partial charge in [-0.25, -0.2) is 4.79 Å². The maximum Gasteiger partial charge on any atom is 0.330 e. The molecule has 3 rings (SSSR count). The Kier molecular flexibility index (Phi) is 7.69. The fourth-order valence-corrected chi connectivity index (χ4v) is 3.57. The molecule has 8 heteroatoms. The highest BCUT2D eigenvalue weighted by molar-refractivity contribution is 9.10. The third kappa shape index (κ3) is 5.56. The second-order valence-electron chi connectivity index (χ2n) is 7.38. The van der Waals surface area contributed by atoms with E-state index < -0.39 is 5.97 Å². The first kappa shape index (κ1) is 23.5. The minimum Gasteiger partial charge on any atom is -0.493 e. The van der Waals surface area contributed by atoms with Gasteiger partial charge in [0.2, 0.25) is 0 Å². The number of amides is 2. The molecule has 32 heavy (non-hydrogen) atoms. The number of methoxy groups -OCH3 is 1. The van der Waals surface area contributed by atoms with E-state index >= 15 is 0 Å². The number of fused-ring (bicyclic) bond motifs is 1. The number of esters is 1. The second-order valence-corrected chi connectivity index (χ2v) is 8.30. The molecule has 168 valence electrons. The lowest BCUT2D eigenvalue weighted by molar-refractivity contribution is -0.137. The molecular weight excluding hydrogens is 478 g/mol. The van der Waals surface area contributed by atoms with Gasteiger partial charge in [-0.3, -0.25) is 14.5 Å². The van der Waals surface area contributed by atoms with Crippen LogP contribution >= 0.6 is 15.9 Å². The van der Waals surface area contributed by atoms with Crippen LogP contribution in [0.3, 0.4) is 0 Å². The number of carbonyl (C=O) groups is 3. The second kappa shape index (κ2) is 10.5. The fraction of sp³-hybridized carbons (Fsp3) is 0.292. The molecule has 2 amide bonds. The number of ether oxygens (including phenoxy) is 3. The van der Waals surface area contributed by atoms with E-state index in [1.807, 2.05) is 19.9 Å². The van der Waals surface area contributed by atoms with Crippen LogP contribution in [0.1, 0.15) is 46.5 Å². The van der Waals surface area contributed by atoms with Crippen molar-refractivity contribution in [1.82, 2.24) is 4.90 Å². The van der Waals surface area contributed by atoms with Gasteiger partial charge in [-0.15, -0.1) is 0 Å². The van der Waals surface area contributed by atoms with Gasteiger partial charge in [0.15, 0.2) is 11.5 Å². The molecule has 0 saturated carbocycles. The van der Waals surface area contributed by atoms with Crippen LogP contribution in [0.5, 0.6) is 11.5 Å². The van der Waals surface area contributed by atoms with Crippen LogP contribution in [0.2, 0.25) is 0 Å². The van der Waals surface area contributed by atoms with E-state index in [1.165, 1.54) is 11.0 Å². The van der Waals surface area contributed by atoms with Gasteiger partial charge < -0.3 is 14.2 Å². The minimum atomic E-state index is -0.516. The molecule has 7 nitrogen and oxygen atoms in total. The van der Waals surface area contributed by atoms with Crippen molar-refractivity contribution < 1.29 is 28.6 Å². The molecule has 1 aliphatic rings. The van der Waals surface area contributed by atoms with Crippen molar-refractivity contribution >= 4 is 39.8 Å². The monoisotopic (exact) mass is 501 g/mol. The van der Waals surface area contributed by atoms with Crippen molar-refractivity contribution in [2.45, 2.75) is 26.4 Å². The average Bonchev–Trinajstić information content (AvgIpc) is 2.99. The molecule has 2 aromatic rings. The van der Waals surface area contributed by atoms with Gasteiger partial charge in [0.05, 0.1) is 30.9 Å². The number of halogens is 1. The van der Waals surface area contributed by atoms with Gasteiger partial charge in [-0.2, -0.15) is 0 Å². The molecule has 1 heterocycles. The van der Waals surface area contributed by atoms with Crippen LogP contribution in [-0.4, -0.2) is 49.0 Å². The van der Waals surface area contributed by atoms with Gasteiger partial charge in [-0.05, 0) is 62.2 Å². The molecule has 0 radical (unpaired) electrons. The number of carbonyl (C=O) groups excluding carboxylic acids is 3. The lowest BCUT2D eigenvalue weighted by Gasteiger charge is -2.14. The van der Waals surface area contributed by atoms with E-state index in [9.17, 15) is 14.4 Å². The third-order valence-corrected chi connectivity index (χ3v) is 5.16. The van der Waals surface area contributed by atoms with Crippen LogP contribution in [0.4, 0.5) is 0 Å². The van der Waals surface area contributed by atoms with Crippen LogP contribution in [0.15, 0.2) is 46.9 Å². The standard InChI is InChI=1S/C24H24BrNO6/c1-15(2)32-20-9-5-16(13-21(20)30-3)6-10-22(27)31-12-4-11-26-23(28)18-8-7-17(25)14-19(18)24(26)29/h5-10,13-15H,4,11-12H2,1-3H3/b10-6+. The molecule has 1 aliphatic heterocycles. The number of benzene rings is 2. The maximum atomic E-state index is 12.4. The summed E-state index contributed by atoms with van der Waals surface area (Å²) < 4.78 is 16.9. The number of rotatable bonds is 9. The van der Waals surface area contributed by atoms with Crippen molar-refractivity contribution in [3.05, 3.63) is 63.6 Å². The lowest BCUT2D eigenvalue weighted by Crippen LogP contribution is -2.31. The molecule has 0 aliphatic carbocycles. The van der Waals surface area contributed by atoms with Crippen molar-refractivity contribution in [1.29, 1.82) is 0 Å². The van der Waals surface area contributed by atoms with Crippen LogP contribution in [-0.2, 0) is 9.53 Å². The molecule has 0 aromatic heterocycles. The third-order valence-electron chi connectivity index (χ3n) is 4.67. The van der Waals surface area contributed by atoms with Gasteiger partial charge >= 0.3 is 5.97 Å². The van der Waals surface area contributed by atoms with Gasteiger partial charge in [0.1, 0.15) is 0 Å². The Labute approximate surface area is 195 Å².